The fourth-order valence-electron chi connectivity index (χ4n) is 2.59. The zero-order valence-electron chi connectivity index (χ0n) is 11.0. The number of hydrogen-bond donors (Lipinski definition) is 2. The minimum Gasteiger partial charge on any atom is -0.381 e. The number of hydrogen-bond acceptors (Lipinski definition) is 6. The molecule has 6 heteroatoms. The van der Waals surface area contributed by atoms with Crippen LogP contribution in [-0.4, -0.2) is 42.4 Å². The van der Waals surface area contributed by atoms with E-state index in [1.165, 1.54) is 0 Å². The Kier molecular flexibility index (Phi) is 3.79. The molecule has 2 saturated heterocycles. The van der Waals surface area contributed by atoms with Crippen LogP contribution in [0.4, 0.5) is 11.8 Å². The van der Waals surface area contributed by atoms with Crippen molar-refractivity contribution in [1.82, 2.24) is 9.97 Å². The molecule has 1 unspecified atom stereocenters. The van der Waals surface area contributed by atoms with Gasteiger partial charge in [-0.15, -0.1) is 0 Å². The van der Waals surface area contributed by atoms with Crippen molar-refractivity contribution in [3.8, 4) is 0 Å². The van der Waals surface area contributed by atoms with E-state index >= 15 is 0 Å². The number of ether oxygens (including phenoxy) is 2. The Morgan fingerprint density at radius 3 is 2.63 bits per heavy atom. The van der Waals surface area contributed by atoms with Gasteiger partial charge >= 0.3 is 0 Å². The molecule has 2 aliphatic rings. The SMILES string of the molecule is Nc1nc(NC2CCOCC2)cc(C2CCOC2)n1. The number of nitrogens with one attached hydrogen (secondary N) is 1. The number of anilines is 2. The number of nitrogens with two attached hydrogens (primary N) is 1. The average Bonchev–Trinajstić information content (AvgIpc) is 2.93. The largest absolute Gasteiger partial charge is 0.381 e. The fraction of sp³-hybridized carbons (Fsp3) is 0.692. The van der Waals surface area contributed by atoms with Crippen LogP contribution in [0.25, 0.3) is 0 Å². The quantitative estimate of drug-likeness (QED) is 0.852. The second-order valence-electron chi connectivity index (χ2n) is 5.13. The topological polar surface area (TPSA) is 82.3 Å². The van der Waals surface area contributed by atoms with E-state index in [1.807, 2.05) is 6.07 Å². The van der Waals surface area contributed by atoms with E-state index in [9.17, 15) is 0 Å². The number of aromatic nitrogens is 2. The molecular formula is C13H20N4O2. The van der Waals surface area contributed by atoms with Gasteiger partial charge in [-0.05, 0) is 19.3 Å². The Bertz CT molecular complexity index is 429. The normalized spacial score (nSPS) is 24.5. The summed E-state index contributed by atoms with van der Waals surface area (Å²) in [5, 5.41) is 3.43. The Morgan fingerprint density at radius 1 is 1.11 bits per heavy atom. The lowest BCUT2D eigenvalue weighted by Crippen LogP contribution is -2.28. The molecule has 0 aromatic carbocycles. The molecule has 0 radical (unpaired) electrons. The molecule has 3 N–H and O–H groups in total. The molecule has 0 aliphatic carbocycles. The lowest BCUT2D eigenvalue weighted by Gasteiger charge is -2.24. The molecule has 1 aromatic heterocycles. The van der Waals surface area contributed by atoms with Gasteiger partial charge in [-0.25, -0.2) is 4.98 Å². The van der Waals surface area contributed by atoms with Gasteiger partial charge in [0.2, 0.25) is 5.95 Å². The summed E-state index contributed by atoms with van der Waals surface area (Å²) in [5.41, 5.74) is 6.79. The standard InChI is InChI=1S/C13H20N4O2/c14-13-16-11(9-1-4-19-8-9)7-12(17-13)15-10-2-5-18-6-3-10/h7,9-10H,1-6,8H2,(H3,14,15,16,17). The molecule has 2 fully saturated rings. The summed E-state index contributed by atoms with van der Waals surface area (Å²) in [7, 11) is 0. The molecule has 0 spiro atoms. The minimum absolute atomic E-state index is 0.332. The van der Waals surface area contributed by atoms with Crippen LogP contribution < -0.4 is 11.1 Å². The summed E-state index contributed by atoms with van der Waals surface area (Å²) in [6, 6.07) is 2.42. The maximum Gasteiger partial charge on any atom is 0.222 e. The number of nitrogens with zero attached hydrogens (tertiary/aromatic N) is 2. The lowest BCUT2D eigenvalue weighted by atomic mass is 10.0. The maximum atomic E-state index is 5.80. The molecule has 19 heavy (non-hydrogen) atoms. The number of rotatable bonds is 3. The first kappa shape index (κ1) is 12.6. The highest BCUT2D eigenvalue weighted by Gasteiger charge is 2.21. The summed E-state index contributed by atoms with van der Waals surface area (Å²) in [6.45, 7) is 3.15. The van der Waals surface area contributed by atoms with Crippen molar-refractivity contribution in [1.29, 1.82) is 0 Å². The van der Waals surface area contributed by atoms with Gasteiger partial charge in [0, 0.05) is 37.8 Å². The summed E-state index contributed by atoms with van der Waals surface area (Å²) in [4.78, 5) is 8.60. The number of nitrogen functional groups attached to an aromatic ring is 1. The second-order valence-corrected chi connectivity index (χ2v) is 5.13. The van der Waals surface area contributed by atoms with Crippen molar-refractivity contribution < 1.29 is 9.47 Å². The molecule has 0 saturated carbocycles. The fourth-order valence-corrected chi connectivity index (χ4v) is 2.59. The minimum atomic E-state index is 0.332. The molecule has 6 nitrogen and oxygen atoms in total. The highest BCUT2D eigenvalue weighted by atomic mass is 16.5. The van der Waals surface area contributed by atoms with E-state index < -0.39 is 0 Å². The van der Waals surface area contributed by atoms with Crippen LogP contribution in [0.15, 0.2) is 6.07 Å². The van der Waals surface area contributed by atoms with Gasteiger partial charge in [0.25, 0.3) is 0 Å². The summed E-state index contributed by atoms with van der Waals surface area (Å²) in [6.07, 6.45) is 3.02. The van der Waals surface area contributed by atoms with Crippen LogP contribution in [-0.2, 0) is 9.47 Å². The van der Waals surface area contributed by atoms with Gasteiger partial charge in [-0.1, -0.05) is 0 Å². The summed E-state index contributed by atoms with van der Waals surface area (Å²) < 4.78 is 10.8. The molecule has 0 bridgehead atoms. The zero-order valence-corrected chi connectivity index (χ0v) is 11.0. The van der Waals surface area contributed by atoms with E-state index in [2.05, 4.69) is 15.3 Å². The van der Waals surface area contributed by atoms with Crippen molar-refractivity contribution in [2.45, 2.75) is 31.2 Å². The predicted octanol–water partition coefficient (Wildman–Crippen LogP) is 1.15. The predicted molar refractivity (Wildman–Crippen MR) is 72.1 cm³/mol. The van der Waals surface area contributed by atoms with Crippen LogP contribution in [0, 0.1) is 0 Å². The third kappa shape index (κ3) is 3.13. The van der Waals surface area contributed by atoms with E-state index in [0.717, 1.165) is 57.2 Å². The van der Waals surface area contributed by atoms with Gasteiger partial charge in [0.05, 0.1) is 12.3 Å². The summed E-state index contributed by atoms with van der Waals surface area (Å²) >= 11 is 0. The first-order valence-electron chi connectivity index (χ1n) is 6.88. The van der Waals surface area contributed by atoms with Crippen LogP contribution in [0.5, 0.6) is 0 Å². The van der Waals surface area contributed by atoms with E-state index in [0.29, 0.717) is 17.9 Å². The van der Waals surface area contributed by atoms with Crippen molar-refractivity contribution in [3.63, 3.8) is 0 Å². The first-order chi connectivity index (χ1) is 9.31. The van der Waals surface area contributed by atoms with E-state index in [4.69, 9.17) is 15.2 Å². The zero-order chi connectivity index (χ0) is 13.1. The Hall–Kier alpha value is -1.40. The molecular weight excluding hydrogens is 244 g/mol. The molecule has 0 amide bonds. The third-order valence-electron chi connectivity index (χ3n) is 3.68. The molecule has 1 aromatic rings. The molecule has 3 heterocycles. The van der Waals surface area contributed by atoms with Crippen LogP contribution in [0.1, 0.15) is 30.9 Å². The highest BCUT2D eigenvalue weighted by molar-refractivity contribution is 5.42. The van der Waals surface area contributed by atoms with Gasteiger partial charge < -0.3 is 20.5 Å². The van der Waals surface area contributed by atoms with Gasteiger partial charge in [0.1, 0.15) is 5.82 Å². The Morgan fingerprint density at radius 2 is 1.89 bits per heavy atom. The van der Waals surface area contributed by atoms with E-state index in [-0.39, 0.29) is 0 Å². The van der Waals surface area contributed by atoms with Crippen LogP contribution in [0.2, 0.25) is 0 Å². The van der Waals surface area contributed by atoms with Gasteiger partial charge in [0.15, 0.2) is 0 Å². The lowest BCUT2D eigenvalue weighted by molar-refractivity contribution is 0.0904. The van der Waals surface area contributed by atoms with E-state index in [1.54, 1.807) is 0 Å². The Balaban J connectivity index is 1.73. The summed E-state index contributed by atoms with van der Waals surface area (Å²) in [5.74, 6) is 1.50. The van der Waals surface area contributed by atoms with Crippen LogP contribution >= 0.6 is 0 Å². The van der Waals surface area contributed by atoms with Crippen molar-refractivity contribution >= 4 is 11.8 Å². The van der Waals surface area contributed by atoms with Crippen LogP contribution in [0.3, 0.4) is 0 Å². The molecule has 1 atom stereocenters. The monoisotopic (exact) mass is 264 g/mol. The van der Waals surface area contributed by atoms with Crippen molar-refractivity contribution in [3.05, 3.63) is 11.8 Å². The smallest absolute Gasteiger partial charge is 0.222 e. The first-order valence-corrected chi connectivity index (χ1v) is 6.88. The van der Waals surface area contributed by atoms with Gasteiger partial charge in [-0.2, -0.15) is 4.98 Å². The second kappa shape index (κ2) is 5.71. The molecule has 104 valence electrons. The van der Waals surface area contributed by atoms with Crippen molar-refractivity contribution in [2.24, 2.45) is 0 Å². The van der Waals surface area contributed by atoms with Gasteiger partial charge in [-0.3, -0.25) is 0 Å². The Labute approximate surface area is 112 Å². The third-order valence-corrected chi connectivity index (χ3v) is 3.68. The average molecular weight is 264 g/mol. The molecule has 2 aliphatic heterocycles. The van der Waals surface area contributed by atoms with Crippen molar-refractivity contribution in [2.75, 3.05) is 37.5 Å². The molecule has 3 rings (SSSR count). The maximum absolute atomic E-state index is 5.80. The highest BCUT2D eigenvalue weighted by Crippen LogP contribution is 2.26.